The fraction of sp³-hybridized carbons (Fsp3) is 0. The Bertz CT molecular complexity index is 1140. The van der Waals surface area contributed by atoms with Crippen LogP contribution in [0.4, 0.5) is 0 Å². The molecule has 0 unspecified atom stereocenters. The van der Waals surface area contributed by atoms with Crippen LogP contribution >= 0.6 is 0 Å². The number of rotatable bonds is 6. The Morgan fingerprint density at radius 3 is 1.37 bits per heavy atom. The van der Waals surface area contributed by atoms with E-state index in [2.05, 4.69) is 10.2 Å². The number of hydrazone groups is 2. The Morgan fingerprint density at radius 1 is 0.700 bits per heavy atom. The highest BCUT2D eigenvalue weighted by atomic mass is 32.2. The van der Waals surface area contributed by atoms with E-state index in [0.717, 1.165) is 24.6 Å². The maximum Gasteiger partial charge on any atom is 0.331 e. The molecule has 12 nitrogen and oxygen atoms in total. The third kappa shape index (κ3) is 6.28. The molecule has 0 fully saturated rings. The van der Waals surface area contributed by atoms with Gasteiger partial charge in [-0.15, -0.1) is 0 Å². The molecule has 30 heavy (non-hydrogen) atoms. The van der Waals surface area contributed by atoms with Crippen molar-refractivity contribution in [3.63, 3.8) is 0 Å². The van der Waals surface area contributed by atoms with Crippen LogP contribution in [-0.4, -0.2) is 50.2 Å². The topological polar surface area (TPSA) is 192 Å². The van der Waals surface area contributed by atoms with Crippen LogP contribution in [0.1, 0.15) is 11.1 Å². The Hall–Kier alpha value is -3.46. The van der Waals surface area contributed by atoms with Crippen LogP contribution in [0.25, 0.3) is 0 Å². The van der Waals surface area contributed by atoms with Crippen LogP contribution in [0.2, 0.25) is 0 Å². The molecule has 0 atom stereocenters. The fourth-order valence-corrected chi connectivity index (χ4v) is 3.40. The molecule has 0 aliphatic carbocycles. The van der Waals surface area contributed by atoms with Gasteiger partial charge in [0.05, 0.1) is 12.4 Å². The molecule has 0 aromatic heterocycles. The van der Waals surface area contributed by atoms with Crippen molar-refractivity contribution in [2.45, 2.75) is 9.79 Å². The molecule has 4 N–H and O–H groups in total. The molecular weight excluding hydrogens is 440 g/mol. The van der Waals surface area contributed by atoms with Crippen LogP contribution < -0.4 is 10.9 Å². The summed E-state index contributed by atoms with van der Waals surface area (Å²) in [7, 11) is -9.03. The van der Waals surface area contributed by atoms with E-state index >= 15 is 0 Å². The lowest BCUT2D eigenvalue weighted by atomic mass is 10.2. The van der Waals surface area contributed by atoms with Crippen LogP contribution in [-0.2, 0) is 29.8 Å². The van der Waals surface area contributed by atoms with Gasteiger partial charge in [0.15, 0.2) is 0 Å². The largest absolute Gasteiger partial charge is 0.331 e. The Labute approximate surface area is 170 Å². The number of carbonyl (C=O) groups excluding carboxylic acids is 2. The second-order valence-electron chi connectivity index (χ2n) is 5.42. The number of hydrogen-bond donors (Lipinski definition) is 4. The number of benzene rings is 2. The average Bonchev–Trinajstić information content (AvgIpc) is 2.67. The molecule has 0 aliphatic rings. The SMILES string of the molecule is O=C(N/N=C\c1ccccc1S(=O)(=O)O)C(=O)N/N=C/c1ccccc1S(=O)(=O)O. The van der Waals surface area contributed by atoms with E-state index in [-0.39, 0.29) is 11.1 Å². The molecule has 0 heterocycles. The highest BCUT2D eigenvalue weighted by molar-refractivity contribution is 7.86. The number of carbonyl (C=O) groups is 2. The van der Waals surface area contributed by atoms with Gasteiger partial charge in [-0.2, -0.15) is 27.0 Å². The van der Waals surface area contributed by atoms with Crippen molar-refractivity contribution < 1.29 is 35.5 Å². The summed E-state index contributed by atoms with van der Waals surface area (Å²) in [6.45, 7) is 0. The molecule has 0 aliphatic heterocycles. The third-order valence-electron chi connectivity index (χ3n) is 3.34. The minimum atomic E-state index is -4.52. The molecule has 0 saturated heterocycles. The van der Waals surface area contributed by atoms with E-state index in [1.54, 1.807) is 0 Å². The van der Waals surface area contributed by atoms with Crippen molar-refractivity contribution in [3.05, 3.63) is 59.7 Å². The maximum atomic E-state index is 11.7. The van der Waals surface area contributed by atoms with Crippen LogP contribution in [0, 0.1) is 0 Å². The maximum absolute atomic E-state index is 11.7. The molecule has 2 rings (SSSR count). The first kappa shape index (κ1) is 22.8. The summed E-state index contributed by atoms with van der Waals surface area (Å²) in [6.07, 6.45) is 1.81. The number of nitrogens with zero attached hydrogens (tertiary/aromatic N) is 2. The van der Waals surface area contributed by atoms with Crippen molar-refractivity contribution >= 4 is 44.5 Å². The zero-order chi connectivity index (χ0) is 22.4. The summed E-state index contributed by atoms with van der Waals surface area (Å²) in [4.78, 5) is 22.4. The summed E-state index contributed by atoms with van der Waals surface area (Å²) in [5, 5.41) is 6.85. The Kier molecular flexibility index (Phi) is 7.12. The van der Waals surface area contributed by atoms with Gasteiger partial charge in [0.25, 0.3) is 20.2 Å². The lowest BCUT2D eigenvalue weighted by molar-refractivity contribution is -0.139. The quantitative estimate of drug-likeness (QED) is 0.199. The molecule has 2 aromatic rings. The zero-order valence-electron chi connectivity index (χ0n) is 14.8. The minimum Gasteiger partial charge on any atom is -0.282 e. The highest BCUT2D eigenvalue weighted by Gasteiger charge is 2.15. The second-order valence-corrected chi connectivity index (χ2v) is 8.20. The van der Waals surface area contributed by atoms with Gasteiger partial charge in [0.1, 0.15) is 9.79 Å². The van der Waals surface area contributed by atoms with Gasteiger partial charge < -0.3 is 0 Å². The lowest BCUT2D eigenvalue weighted by Crippen LogP contribution is -2.35. The first-order valence-corrected chi connectivity index (χ1v) is 10.7. The van der Waals surface area contributed by atoms with E-state index in [4.69, 9.17) is 9.11 Å². The summed E-state index contributed by atoms with van der Waals surface area (Å²) >= 11 is 0. The van der Waals surface area contributed by atoms with Gasteiger partial charge in [-0.3, -0.25) is 18.7 Å². The first-order valence-electron chi connectivity index (χ1n) is 7.79. The van der Waals surface area contributed by atoms with Crippen molar-refractivity contribution in [2.75, 3.05) is 0 Å². The normalized spacial score (nSPS) is 12.2. The molecule has 158 valence electrons. The standard InChI is InChI=1S/C16H14N4O8S2/c21-15(19-17-9-11-5-1-3-7-13(11)29(23,24)25)16(22)20-18-10-12-6-2-4-8-14(12)30(26,27)28/h1-10H,(H,19,21)(H,20,22)(H,23,24,25)(H,26,27,28)/b17-9-,18-10+. The van der Waals surface area contributed by atoms with Crippen molar-refractivity contribution in [3.8, 4) is 0 Å². The third-order valence-corrected chi connectivity index (χ3v) is 5.19. The van der Waals surface area contributed by atoms with Gasteiger partial charge >= 0.3 is 11.8 Å². The Balaban J connectivity index is 2.01. The van der Waals surface area contributed by atoms with Crippen LogP contribution in [0.3, 0.4) is 0 Å². The number of nitrogens with one attached hydrogen (secondary N) is 2. The van der Waals surface area contributed by atoms with Crippen LogP contribution in [0.15, 0.2) is 68.5 Å². The molecule has 0 bridgehead atoms. The highest BCUT2D eigenvalue weighted by Crippen LogP contribution is 2.13. The molecule has 14 heteroatoms. The molecule has 0 saturated carbocycles. The molecule has 0 radical (unpaired) electrons. The second kappa shape index (κ2) is 9.36. The number of hydrogen-bond acceptors (Lipinski definition) is 8. The summed E-state index contributed by atoms with van der Waals surface area (Å²) in [6, 6.07) is 10.5. The van der Waals surface area contributed by atoms with E-state index < -0.39 is 41.8 Å². The predicted octanol–water partition coefficient (Wildman–Crippen LogP) is -0.220. The van der Waals surface area contributed by atoms with Gasteiger partial charge in [-0.25, -0.2) is 10.9 Å². The predicted molar refractivity (Wildman–Crippen MR) is 104 cm³/mol. The summed E-state index contributed by atoms with van der Waals surface area (Å²) < 4.78 is 63.2. The molecule has 0 spiro atoms. The Morgan fingerprint density at radius 2 is 1.03 bits per heavy atom. The van der Waals surface area contributed by atoms with Gasteiger partial charge in [0, 0.05) is 11.1 Å². The molecule has 2 amide bonds. The van der Waals surface area contributed by atoms with Gasteiger partial charge in [0.2, 0.25) is 0 Å². The summed E-state index contributed by atoms with van der Waals surface area (Å²) in [5.41, 5.74) is 3.57. The summed E-state index contributed by atoms with van der Waals surface area (Å²) in [5.74, 6) is -2.54. The van der Waals surface area contributed by atoms with Crippen LogP contribution in [0.5, 0.6) is 0 Å². The van der Waals surface area contributed by atoms with Gasteiger partial charge in [-0.1, -0.05) is 36.4 Å². The molecular formula is C16H14N4O8S2. The fourth-order valence-electron chi connectivity index (χ4n) is 2.07. The van der Waals surface area contributed by atoms with E-state index in [0.29, 0.717) is 0 Å². The monoisotopic (exact) mass is 454 g/mol. The zero-order valence-corrected chi connectivity index (χ0v) is 16.5. The lowest BCUT2D eigenvalue weighted by Gasteiger charge is -2.02. The molecule has 2 aromatic carbocycles. The smallest absolute Gasteiger partial charge is 0.282 e. The number of amides is 2. The first-order chi connectivity index (χ1) is 14.0. The van der Waals surface area contributed by atoms with Gasteiger partial charge in [-0.05, 0) is 12.1 Å². The van der Waals surface area contributed by atoms with E-state index in [9.17, 15) is 26.4 Å². The minimum absolute atomic E-state index is 0.0412. The van der Waals surface area contributed by atoms with E-state index in [1.807, 2.05) is 10.9 Å². The van der Waals surface area contributed by atoms with Crippen molar-refractivity contribution in [2.24, 2.45) is 10.2 Å². The average molecular weight is 454 g/mol. The van der Waals surface area contributed by atoms with Crippen molar-refractivity contribution in [1.82, 2.24) is 10.9 Å². The van der Waals surface area contributed by atoms with E-state index in [1.165, 1.54) is 36.4 Å². The van der Waals surface area contributed by atoms with Crippen molar-refractivity contribution in [1.29, 1.82) is 0 Å².